The van der Waals surface area contributed by atoms with Crippen molar-refractivity contribution >= 4 is 0 Å². The summed E-state index contributed by atoms with van der Waals surface area (Å²) in [6, 6.07) is 6.38. The van der Waals surface area contributed by atoms with Crippen LogP contribution in [0.2, 0.25) is 0 Å². The Morgan fingerprint density at radius 1 is 1.47 bits per heavy atom. The number of halogens is 1. The molecule has 15 heavy (non-hydrogen) atoms. The lowest BCUT2D eigenvalue weighted by atomic mass is 10.3. The minimum Gasteiger partial charge on any atom is -0.489 e. The van der Waals surface area contributed by atoms with Crippen molar-refractivity contribution in [2.75, 3.05) is 19.8 Å². The van der Waals surface area contributed by atoms with E-state index in [-0.39, 0.29) is 24.2 Å². The zero-order chi connectivity index (χ0) is 11.1. The summed E-state index contributed by atoms with van der Waals surface area (Å²) in [6.45, 7) is 2.89. The van der Waals surface area contributed by atoms with Crippen molar-refractivity contribution in [3.8, 4) is 5.75 Å². The second-order valence-electron chi connectivity index (χ2n) is 3.32. The molecule has 0 saturated carbocycles. The SMILES string of the molecule is CC(COc1ccccc1F)NCCO. The topological polar surface area (TPSA) is 41.5 Å². The summed E-state index contributed by atoms with van der Waals surface area (Å²) in [7, 11) is 0. The first-order valence-electron chi connectivity index (χ1n) is 4.95. The standard InChI is InChI=1S/C11H16FNO2/c1-9(13-6-7-14)8-15-11-5-3-2-4-10(11)12/h2-5,9,13-14H,6-8H2,1H3. The Morgan fingerprint density at radius 2 is 2.20 bits per heavy atom. The molecule has 0 bridgehead atoms. The Balaban J connectivity index is 2.33. The Kier molecular flexibility index (Phi) is 5.07. The van der Waals surface area contributed by atoms with Gasteiger partial charge in [-0.3, -0.25) is 0 Å². The summed E-state index contributed by atoms with van der Waals surface area (Å²) in [5.74, 6) is -0.0954. The molecule has 0 spiro atoms. The van der Waals surface area contributed by atoms with E-state index in [4.69, 9.17) is 9.84 Å². The molecule has 0 aliphatic rings. The van der Waals surface area contributed by atoms with Gasteiger partial charge in [-0.15, -0.1) is 0 Å². The van der Waals surface area contributed by atoms with Crippen LogP contribution < -0.4 is 10.1 Å². The van der Waals surface area contributed by atoms with Crippen LogP contribution >= 0.6 is 0 Å². The third-order valence-electron chi connectivity index (χ3n) is 1.93. The molecule has 3 nitrogen and oxygen atoms in total. The number of rotatable bonds is 6. The lowest BCUT2D eigenvalue weighted by Gasteiger charge is -2.14. The number of aliphatic hydroxyl groups excluding tert-OH is 1. The summed E-state index contributed by atoms with van der Waals surface area (Å²) in [6.07, 6.45) is 0. The number of ether oxygens (including phenoxy) is 1. The van der Waals surface area contributed by atoms with Gasteiger partial charge in [-0.25, -0.2) is 4.39 Å². The molecule has 0 radical (unpaired) electrons. The zero-order valence-electron chi connectivity index (χ0n) is 8.74. The van der Waals surface area contributed by atoms with E-state index >= 15 is 0 Å². The van der Waals surface area contributed by atoms with E-state index in [0.717, 1.165) is 0 Å². The lowest BCUT2D eigenvalue weighted by Crippen LogP contribution is -2.33. The van der Waals surface area contributed by atoms with Crippen LogP contribution in [-0.4, -0.2) is 30.9 Å². The molecule has 0 aliphatic carbocycles. The first kappa shape index (κ1) is 11.9. The molecule has 1 unspecified atom stereocenters. The molecule has 1 atom stereocenters. The third-order valence-corrected chi connectivity index (χ3v) is 1.93. The van der Waals surface area contributed by atoms with E-state index < -0.39 is 0 Å². The van der Waals surface area contributed by atoms with Gasteiger partial charge >= 0.3 is 0 Å². The van der Waals surface area contributed by atoms with Gasteiger partial charge in [0.05, 0.1) is 6.61 Å². The van der Waals surface area contributed by atoms with Gasteiger partial charge in [-0.2, -0.15) is 0 Å². The highest BCUT2D eigenvalue weighted by molar-refractivity contribution is 5.23. The second kappa shape index (κ2) is 6.37. The number of benzene rings is 1. The highest BCUT2D eigenvalue weighted by Gasteiger charge is 2.04. The number of aliphatic hydroxyl groups is 1. The Bertz CT molecular complexity index is 294. The maximum absolute atomic E-state index is 13.1. The minimum atomic E-state index is -0.355. The molecule has 0 heterocycles. The molecule has 0 aromatic heterocycles. The van der Waals surface area contributed by atoms with Crippen LogP contribution in [0.1, 0.15) is 6.92 Å². The Hall–Kier alpha value is -1.13. The van der Waals surface area contributed by atoms with Gasteiger partial charge in [-0.1, -0.05) is 12.1 Å². The van der Waals surface area contributed by atoms with Crippen molar-refractivity contribution in [2.45, 2.75) is 13.0 Å². The summed E-state index contributed by atoms with van der Waals surface area (Å²) < 4.78 is 18.4. The van der Waals surface area contributed by atoms with Crippen molar-refractivity contribution < 1.29 is 14.2 Å². The van der Waals surface area contributed by atoms with E-state index in [2.05, 4.69) is 5.32 Å². The summed E-state index contributed by atoms with van der Waals surface area (Å²) in [5, 5.41) is 11.6. The quantitative estimate of drug-likeness (QED) is 0.745. The summed E-state index contributed by atoms with van der Waals surface area (Å²) >= 11 is 0. The number of hydrogen-bond acceptors (Lipinski definition) is 3. The van der Waals surface area contributed by atoms with Gasteiger partial charge in [0.1, 0.15) is 6.61 Å². The van der Waals surface area contributed by atoms with E-state index in [1.54, 1.807) is 18.2 Å². The second-order valence-corrected chi connectivity index (χ2v) is 3.32. The molecule has 84 valence electrons. The van der Waals surface area contributed by atoms with Crippen LogP contribution in [0.5, 0.6) is 5.75 Å². The smallest absolute Gasteiger partial charge is 0.165 e. The monoisotopic (exact) mass is 213 g/mol. The number of hydrogen-bond donors (Lipinski definition) is 2. The van der Waals surface area contributed by atoms with Crippen molar-refractivity contribution in [1.82, 2.24) is 5.32 Å². The zero-order valence-corrected chi connectivity index (χ0v) is 8.74. The molecule has 0 saturated heterocycles. The first-order chi connectivity index (χ1) is 7.24. The number of nitrogens with one attached hydrogen (secondary N) is 1. The fourth-order valence-electron chi connectivity index (χ4n) is 1.15. The van der Waals surface area contributed by atoms with Gasteiger partial charge < -0.3 is 15.2 Å². The predicted octanol–water partition coefficient (Wildman–Crippen LogP) is 1.17. The molecule has 0 amide bonds. The summed E-state index contributed by atoms with van der Waals surface area (Å²) in [4.78, 5) is 0. The van der Waals surface area contributed by atoms with E-state index in [0.29, 0.717) is 13.2 Å². The third kappa shape index (κ3) is 4.27. The van der Waals surface area contributed by atoms with Gasteiger partial charge in [-0.05, 0) is 19.1 Å². The maximum Gasteiger partial charge on any atom is 0.165 e. The van der Waals surface area contributed by atoms with Crippen LogP contribution in [0, 0.1) is 5.82 Å². The van der Waals surface area contributed by atoms with Crippen molar-refractivity contribution in [2.24, 2.45) is 0 Å². The van der Waals surface area contributed by atoms with Gasteiger partial charge in [0.25, 0.3) is 0 Å². The van der Waals surface area contributed by atoms with Crippen LogP contribution in [0.4, 0.5) is 4.39 Å². The largest absolute Gasteiger partial charge is 0.489 e. The summed E-state index contributed by atoms with van der Waals surface area (Å²) in [5.41, 5.74) is 0. The van der Waals surface area contributed by atoms with Crippen LogP contribution in [0.15, 0.2) is 24.3 Å². The molecule has 2 N–H and O–H groups in total. The van der Waals surface area contributed by atoms with Crippen LogP contribution in [-0.2, 0) is 0 Å². The van der Waals surface area contributed by atoms with Crippen molar-refractivity contribution in [1.29, 1.82) is 0 Å². The fraction of sp³-hybridized carbons (Fsp3) is 0.455. The molecule has 0 fully saturated rings. The van der Waals surface area contributed by atoms with E-state index in [9.17, 15) is 4.39 Å². The lowest BCUT2D eigenvalue weighted by molar-refractivity contribution is 0.242. The highest BCUT2D eigenvalue weighted by Crippen LogP contribution is 2.15. The van der Waals surface area contributed by atoms with E-state index in [1.807, 2.05) is 6.92 Å². The molecule has 0 aliphatic heterocycles. The van der Waals surface area contributed by atoms with Crippen molar-refractivity contribution in [3.05, 3.63) is 30.1 Å². The maximum atomic E-state index is 13.1. The first-order valence-corrected chi connectivity index (χ1v) is 4.95. The molecule has 1 aromatic rings. The average molecular weight is 213 g/mol. The predicted molar refractivity (Wildman–Crippen MR) is 56.4 cm³/mol. The molecule has 1 rings (SSSR count). The average Bonchev–Trinajstić information content (AvgIpc) is 2.25. The van der Waals surface area contributed by atoms with Crippen LogP contribution in [0.3, 0.4) is 0 Å². The van der Waals surface area contributed by atoms with Gasteiger partial charge in [0.2, 0.25) is 0 Å². The molecular formula is C11H16FNO2. The van der Waals surface area contributed by atoms with Crippen LogP contribution in [0.25, 0.3) is 0 Å². The highest BCUT2D eigenvalue weighted by atomic mass is 19.1. The van der Waals surface area contributed by atoms with Gasteiger partial charge in [0.15, 0.2) is 11.6 Å². The molecule has 4 heteroatoms. The van der Waals surface area contributed by atoms with Crippen molar-refractivity contribution in [3.63, 3.8) is 0 Å². The Labute approximate surface area is 88.9 Å². The fourth-order valence-corrected chi connectivity index (χ4v) is 1.15. The van der Waals surface area contributed by atoms with Gasteiger partial charge in [0, 0.05) is 12.6 Å². The molecule has 1 aromatic carbocycles. The van der Waals surface area contributed by atoms with E-state index in [1.165, 1.54) is 6.07 Å². The number of para-hydroxylation sites is 1. The minimum absolute atomic E-state index is 0.0803. The normalized spacial score (nSPS) is 12.5. The Morgan fingerprint density at radius 3 is 2.87 bits per heavy atom. The molecular weight excluding hydrogens is 197 g/mol.